The molecule has 0 saturated carbocycles. The Morgan fingerprint density at radius 3 is 2.43 bits per heavy atom. The lowest BCUT2D eigenvalue weighted by Gasteiger charge is -2.19. The van der Waals surface area contributed by atoms with Crippen LogP contribution in [-0.4, -0.2) is 36.9 Å². The summed E-state index contributed by atoms with van der Waals surface area (Å²) in [7, 11) is 1.37. The SMILES string of the molecule is CCC(NCC(O)C(C)C)C(=O)OC. The molecule has 0 aliphatic carbocycles. The molecule has 84 valence electrons. The molecule has 2 atom stereocenters. The fourth-order valence-electron chi connectivity index (χ4n) is 1.04. The van der Waals surface area contributed by atoms with Crippen molar-refractivity contribution in [3.8, 4) is 0 Å². The average Bonchev–Trinajstić information content (AvgIpc) is 2.17. The number of methoxy groups -OCH3 is 1. The lowest BCUT2D eigenvalue weighted by molar-refractivity contribution is -0.143. The molecule has 0 aromatic rings. The second kappa shape index (κ2) is 6.79. The third-order valence-corrected chi connectivity index (χ3v) is 2.24. The first-order chi connectivity index (χ1) is 6.52. The van der Waals surface area contributed by atoms with E-state index < -0.39 is 6.10 Å². The van der Waals surface area contributed by atoms with Gasteiger partial charge in [0.1, 0.15) is 6.04 Å². The van der Waals surface area contributed by atoms with Gasteiger partial charge >= 0.3 is 5.97 Å². The van der Waals surface area contributed by atoms with Crippen molar-refractivity contribution in [2.45, 2.75) is 39.3 Å². The molecule has 0 saturated heterocycles. The van der Waals surface area contributed by atoms with Crippen LogP contribution in [0.5, 0.6) is 0 Å². The van der Waals surface area contributed by atoms with Crippen LogP contribution < -0.4 is 5.32 Å². The largest absolute Gasteiger partial charge is 0.468 e. The summed E-state index contributed by atoms with van der Waals surface area (Å²) in [4.78, 5) is 11.2. The summed E-state index contributed by atoms with van der Waals surface area (Å²) >= 11 is 0. The first-order valence-electron chi connectivity index (χ1n) is 5.02. The molecular weight excluding hydrogens is 182 g/mol. The first kappa shape index (κ1) is 13.4. The van der Waals surface area contributed by atoms with Crippen molar-refractivity contribution >= 4 is 5.97 Å². The Morgan fingerprint density at radius 2 is 2.07 bits per heavy atom. The van der Waals surface area contributed by atoms with Gasteiger partial charge in [-0.1, -0.05) is 20.8 Å². The molecule has 0 fully saturated rings. The first-order valence-corrected chi connectivity index (χ1v) is 5.02. The van der Waals surface area contributed by atoms with Crippen LogP contribution in [0.2, 0.25) is 0 Å². The number of hydrogen-bond donors (Lipinski definition) is 2. The van der Waals surface area contributed by atoms with Gasteiger partial charge in [0.25, 0.3) is 0 Å². The Labute approximate surface area is 85.6 Å². The maximum Gasteiger partial charge on any atom is 0.322 e. The van der Waals surface area contributed by atoms with Crippen LogP contribution in [-0.2, 0) is 9.53 Å². The molecule has 0 radical (unpaired) electrons. The van der Waals surface area contributed by atoms with Gasteiger partial charge in [0, 0.05) is 6.54 Å². The van der Waals surface area contributed by atoms with E-state index in [0.717, 1.165) is 0 Å². The highest BCUT2D eigenvalue weighted by Gasteiger charge is 2.18. The summed E-state index contributed by atoms with van der Waals surface area (Å²) in [5.74, 6) is -0.0823. The molecule has 0 aromatic carbocycles. The molecule has 0 rings (SSSR count). The summed E-state index contributed by atoms with van der Waals surface area (Å²) in [5, 5.41) is 12.5. The van der Waals surface area contributed by atoms with Crippen molar-refractivity contribution in [1.82, 2.24) is 5.32 Å². The Morgan fingerprint density at radius 1 is 1.50 bits per heavy atom. The second-order valence-electron chi connectivity index (χ2n) is 3.70. The fourth-order valence-corrected chi connectivity index (χ4v) is 1.04. The van der Waals surface area contributed by atoms with Gasteiger partial charge in [-0.25, -0.2) is 0 Å². The van der Waals surface area contributed by atoms with Crippen molar-refractivity contribution in [3.63, 3.8) is 0 Å². The number of aliphatic hydroxyl groups excluding tert-OH is 1. The number of esters is 1. The van der Waals surface area contributed by atoms with Crippen LogP contribution in [0.25, 0.3) is 0 Å². The van der Waals surface area contributed by atoms with E-state index >= 15 is 0 Å². The lowest BCUT2D eigenvalue weighted by Crippen LogP contribution is -2.42. The quantitative estimate of drug-likeness (QED) is 0.619. The van der Waals surface area contributed by atoms with Gasteiger partial charge in [-0.2, -0.15) is 0 Å². The van der Waals surface area contributed by atoms with E-state index in [-0.39, 0.29) is 17.9 Å². The third-order valence-electron chi connectivity index (χ3n) is 2.24. The molecule has 2 unspecified atom stereocenters. The molecule has 0 aliphatic heterocycles. The minimum Gasteiger partial charge on any atom is -0.468 e. The zero-order valence-corrected chi connectivity index (χ0v) is 9.41. The van der Waals surface area contributed by atoms with E-state index in [1.54, 1.807) is 0 Å². The van der Waals surface area contributed by atoms with Crippen LogP contribution in [0.15, 0.2) is 0 Å². The van der Waals surface area contributed by atoms with Gasteiger partial charge in [0.2, 0.25) is 0 Å². The highest BCUT2D eigenvalue weighted by Crippen LogP contribution is 2.01. The van der Waals surface area contributed by atoms with Gasteiger partial charge in [0.05, 0.1) is 13.2 Å². The van der Waals surface area contributed by atoms with Crippen molar-refractivity contribution in [2.24, 2.45) is 5.92 Å². The Hall–Kier alpha value is -0.610. The number of aliphatic hydroxyl groups is 1. The van der Waals surface area contributed by atoms with E-state index in [0.29, 0.717) is 13.0 Å². The molecule has 0 aromatic heterocycles. The predicted molar refractivity (Wildman–Crippen MR) is 54.9 cm³/mol. The number of hydrogen-bond acceptors (Lipinski definition) is 4. The molecule has 4 heteroatoms. The summed E-state index contributed by atoms with van der Waals surface area (Å²) in [6.45, 7) is 6.19. The van der Waals surface area contributed by atoms with Crippen molar-refractivity contribution in [1.29, 1.82) is 0 Å². The maximum absolute atomic E-state index is 11.2. The van der Waals surface area contributed by atoms with Crippen molar-refractivity contribution in [3.05, 3.63) is 0 Å². The fraction of sp³-hybridized carbons (Fsp3) is 0.900. The molecule has 0 amide bonds. The second-order valence-corrected chi connectivity index (χ2v) is 3.70. The van der Waals surface area contributed by atoms with E-state index in [1.165, 1.54) is 7.11 Å². The summed E-state index contributed by atoms with van der Waals surface area (Å²) in [6, 6.07) is -0.312. The summed E-state index contributed by atoms with van der Waals surface area (Å²) < 4.78 is 4.61. The Kier molecular flexibility index (Phi) is 6.49. The molecular formula is C10H21NO3. The zero-order valence-electron chi connectivity index (χ0n) is 9.41. The standard InChI is InChI=1S/C10H21NO3/c1-5-8(10(13)14-4)11-6-9(12)7(2)3/h7-9,11-12H,5-6H2,1-4H3. The normalized spacial score (nSPS) is 15.3. The minimum absolute atomic E-state index is 0.192. The average molecular weight is 203 g/mol. The van der Waals surface area contributed by atoms with E-state index in [1.807, 2.05) is 20.8 Å². The number of rotatable bonds is 6. The van der Waals surface area contributed by atoms with Gasteiger partial charge in [-0.3, -0.25) is 4.79 Å². The van der Waals surface area contributed by atoms with Crippen LogP contribution in [0.3, 0.4) is 0 Å². The Bertz CT molecular complexity index is 171. The monoisotopic (exact) mass is 203 g/mol. The highest BCUT2D eigenvalue weighted by molar-refractivity contribution is 5.75. The molecule has 14 heavy (non-hydrogen) atoms. The van der Waals surface area contributed by atoms with E-state index in [2.05, 4.69) is 10.1 Å². The lowest BCUT2D eigenvalue weighted by atomic mass is 10.1. The van der Waals surface area contributed by atoms with Crippen LogP contribution in [0.4, 0.5) is 0 Å². The molecule has 0 spiro atoms. The van der Waals surface area contributed by atoms with Crippen molar-refractivity contribution < 1.29 is 14.6 Å². The summed E-state index contributed by atoms with van der Waals surface area (Å²) in [6.07, 6.45) is 0.242. The van der Waals surface area contributed by atoms with Gasteiger partial charge < -0.3 is 15.2 Å². The maximum atomic E-state index is 11.2. The van der Waals surface area contributed by atoms with Gasteiger partial charge in [-0.15, -0.1) is 0 Å². The molecule has 4 nitrogen and oxygen atoms in total. The van der Waals surface area contributed by atoms with Crippen LogP contribution in [0, 0.1) is 5.92 Å². The molecule has 0 aliphatic rings. The minimum atomic E-state index is -0.422. The van der Waals surface area contributed by atoms with Gasteiger partial charge in [-0.05, 0) is 12.3 Å². The molecule has 0 heterocycles. The van der Waals surface area contributed by atoms with Gasteiger partial charge in [0.15, 0.2) is 0 Å². The molecule has 2 N–H and O–H groups in total. The third kappa shape index (κ3) is 4.58. The highest BCUT2D eigenvalue weighted by atomic mass is 16.5. The van der Waals surface area contributed by atoms with E-state index in [9.17, 15) is 9.90 Å². The van der Waals surface area contributed by atoms with Crippen molar-refractivity contribution in [2.75, 3.05) is 13.7 Å². The predicted octanol–water partition coefficient (Wildman–Crippen LogP) is 0.544. The topological polar surface area (TPSA) is 58.6 Å². The number of nitrogens with one attached hydrogen (secondary N) is 1. The Balaban J connectivity index is 3.89. The summed E-state index contributed by atoms with van der Waals surface area (Å²) in [5.41, 5.74) is 0. The zero-order chi connectivity index (χ0) is 11.1. The molecule has 0 bridgehead atoms. The van der Waals surface area contributed by atoms with Crippen LogP contribution >= 0.6 is 0 Å². The number of carbonyl (C=O) groups excluding carboxylic acids is 1. The smallest absolute Gasteiger partial charge is 0.322 e. The number of carbonyl (C=O) groups is 1. The van der Waals surface area contributed by atoms with E-state index in [4.69, 9.17) is 0 Å². The number of ether oxygens (including phenoxy) is 1. The van der Waals surface area contributed by atoms with Crippen LogP contribution in [0.1, 0.15) is 27.2 Å².